The van der Waals surface area contributed by atoms with Crippen LogP contribution in [0.5, 0.6) is 0 Å². The van der Waals surface area contributed by atoms with Crippen LogP contribution in [0.25, 0.3) is 0 Å². The van der Waals surface area contributed by atoms with Gasteiger partial charge in [0.1, 0.15) is 0 Å². The van der Waals surface area contributed by atoms with Gasteiger partial charge in [-0.3, -0.25) is 9.69 Å². The number of likely N-dealkylation sites (N-methyl/N-ethyl adjacent to an activating group) is 1. The minimum Gasteiger partial charge on any atom is -0.297 e. The van der Waals surface area contributed by atoms with Crippen LogP contribution < -0.4 is 0 Å². The molecule has 0 N–H and O–H groups in total. The Kier molecular flexibility index (Phi) is 5.94. The number of Topliss-reactive ketones (excluding diaryl/α,β-unsaturated/α-hetero) is 1. The first-order valence-corrected chi connectivity index (χ1v) is 7.67. The summed E-state index contributed by atoms with van der Waals surface area (Å²) >= 11 is 0. The smallest absolute Gasteiger partial charge is 0.157 e. The molecule has 112 valence electrons. The summed E-state index contributed by atoms with van der Waals surface area (Å²) < 4.78 is 0. The van der Waals surface area contributed by atoms with E-state index in [4.69, 9.17) is 0 Å². The maximum atomic E-state index is 12.7. The van der Waals surface area contributed by atoms with Gasteiger partial charge >= 0.3 is 0 Å². The Hall–Kier alpha value is -1.15. The Balaban J connectivity index is 2.88. The Bertz CT molecular complexity index is 427. The topological polar surface area (TPSA) is 20.3 Å². The zero-order valence-corrected chi connectivity index (χ0v) is 13.9. The van der Waals surface area contributed by atoms with Crippen LogP contribution in [0.3, 0.4) is 0 Å². The highest BCUT2D eigenvalue weighted by Gasteiger charge is 2.36. The van der Waals surface area contributed by atoms with Crippen molar-refractivity contribution in [2.75, 3.05) is 14.1 Å². The van der Waals surface area contributed by atoms with Crippen LogP contribution in [-0.4, -0.2) is 30.3 Å². The summed E-state index contributed by atoms with van der Waals surface area (Å²) in [5.41, 5.74) is 2.12. The molecule has 1 rings (SSSR count). The van der Waals surface area contributed by atoms with Crippen molar-refractivity contribution in [1.29, 1.82) is 0 Å². The molecule has 1 aromatic rings. The fourth-order valence-corrected chi connectivity index (χ4v) is 2.90. The van der Waals surface area contributed by atoms with Crippen LogP contribution in [0.4, 0.5) is 0 Å². The van der Waals surface area contributed by atoms with Crippen LogP contribution in [-0.2, 0) is 11.2 Å². The first-order chi connectivity index (χ1) is 9.37. The standard InChI is InChI=1S/C18H29NO/c1-7-18(8-2,19(5)6)17(20)13-15-9-11-16(12-10-15)14(3)4/h9-12,14H,7-8,13H2,1-6H3. The fourth-order valence-electron chi connectivity index (χ4n) is 2.90. The predicted octanol–water partition coefficient (Wildman–Crippen LogP) is 4.04. The van der Waals surface area contributed by atoms with Crippen molar-refractivity contribution in [2.45, 2.75) is 58.4 Å². The second kappa shape index (κ2) is 7.03. The van der Waals surface area contributed by atoms with Gasteiger partial charge < -0.3 is 0 Å². The molecule has 0 bridgehead atoms. The Morgan fingerprint density at radius 3 is 1.95 bits per heavy atom. The Labute approximate surface area is 124 Å². The first-order valence-electron chi connectivity index (χ1n) is 7.67. The molecule has 0 aliphatic carbocycles. The third-order valence-electron chi connectivity index (χ3n) is 4.56. The Morgan fingerprint density at radius 2 is 1.60 bits per heavy atom. The van der Waals surface area contributed by atoms with Gasteiger partial charge in [-0.15, -0.1) is 0 Å². The molecule has 20 heavy (non-hydrogen) atoms. The normalized spacial score (nSPS) is 12.2. The van der Waals surface area contributed by atoms with Gasteiger partial charge in [0.25, 0.3) is 0 Å². The molecule has 0 spiro atoms. The third-order valence-corrected chi connectivity index (χ3v) is 4.56. The second-order valence-corrected chi connectivity index (χ2v) is 6.13. The number of benzene rings is 1. The molecule has 2 heteroatoms. The van der Waals surface area contributed by atoms with Crippen molar-refractivity contribution < 1.29 is 4.79 Å². The summed E-state index contributed by atoms with van der Waals surface area (Å²) in [6.45, 7) is 8.57. The number of rotatable bonds is 7. The van der Waals surface area contributed by atoms with Crippen LogP contribution in [0.1, 0.15) is 57.6 Å². The van der Waals surface area contributed by atoms with E-state index in [2.05, 4.69) is 56.9 Å². The van der Waals surface area contributed by atoms with Crippen molar-refractivity contribution in [3.63, 3.8) is 0 Å². The number of hydrogen-bond donors (Lipinski definition) is 0. The lowest BCUT2D eigenvalue weighted by Crippen LogP contribution is -2.50. The van der Waals surface area contributed by atoms with Crippen molar-refractivity contribution >= 4 is 5.78 Å². The number of carbonyl (C=O) groups is 1. The first kappa shape index (κ1) is 16.9. The molecule has 2 nitrogen and oxygen atoms in total. The quantitative estimate of drug-likeness (QED) is 0.748. The highest BCUT2D eigenvalue weighted by Crippen LogP contribution is 2.25. The van der Waals surface area contributed by atoms with E-state index >= 15 is 0 Å². The van der Waals surface area contributed by atoms with Crippen molar-refractivity contribution in [3.8, 4) is 0 Å². The molecule has 0 aliphatic heterocycles. The van der Waals surface area contributed by atoms with Crippen LogP contribution in [0.15, 0.2) is 24.3 Å². The van der Waals surface area contributed by atoms with E-state index in [1.165, 1.54) is 5.56 Å². The monoisotopic (exact) mass is 275 g/mol. The van der Waals surface area contributed by atoms with Crippen molar-refractivity contribution in [3.05, 3.63) is 35.4 Å². The van der Waals surface area contributed by atoms with E-state index in [1.807, 2.05) is 14.1 Å². The van der Waals surface area contributed by atoms with E-state index < -0.39 is 0 Å². The van der Waals surface area contributed by atoms with E-state index in [1.54, 1.807) is 0 Å². The van der Waals surface area contributed by atoms with Gasteiger partial charge in [-0.25, -0.2) is 0 Å². The van der Waals surface area contributed by atoms with E-state index in [-0.39, 0.29) is 5.54 Å². The molecule has 0 atom stereocenters. The molecular weight excluding hydrogens is 246 g/mol. The molecule has 0 aliphatic rings. The molecule has 0 radical (unpaired) electrons. The molecule has 0 saturated carbocycles. The van der Waals surface area contributed by atoms with E-state index in [9.17, 15) is 4.79 Å². The number of ketones is 1. The summed E-state index contributed by atoms with van der Waals surface area (Å²) in [4.78, 5) is 14.8. The summed E-state index contributed by atoms with van der Waals surface area (Å²) in [5.74, 6) is 0.858. The Morgan fingerprint density at radius 1 is 1.10 bits per heavy atom. The average molecular weight is 275 g/mol. The second-order valence-electron chi connectivity index (χ2n) is 6.13. The summed E-state index contributed by atoms with van der Waals surface area (Å²) in [7, 11) is 4.01. The van der Waals surface area contributed by atoms with E-state index in [0.29, 0.717) is 18.1 Å². The number of hydrogen-bond acceptors (Lipinski definition) is 2. The lowest BCUT2D eigenvalue weighted by atomic mass is 9.83. The minimum atomic E-state index is -0.323. The predicted molar refractivity (Wildman–Crippen MR) is 86.2 cm³/mol. The van der Waals surface area contributed by atoms with Gasteiger partial charge in [-0.05, 0) is 44.0 Å². The molecular formula is C18H29NO. The minimum absolute atomic E-state index is 0.323. The maximum absolute atomic E-state index is 12.7. The average Bonchev–Trinajstić information content (AvgIpc) is 2.41. The van der Waals surface area contributed by atoms with E-state index in [0.717, 1.165) is 18.4 Å². The van der Waals surface area contributed by atoms with Crippen molar-refractivity contribution in [1.82, 2.24) is 4.90 Å². The van der Waals surface area contributed by atoms with Gasteiger partial charge in [0.15, 0.2) is 5.78 Å². The van der Waals surface area contributed by atoms with Gasteiger partial charge in [-0.1, -0.05) is 52.0 Å². The van der Waals surface area contributed by atoms with Crippen LogP contribution in [0, 0.1) is 0 Å². The number of nitrogens with zero attached hydrogens (tertiary/aromatic N) is 1. The number of carbonyl (C=O) groups excluding carboxylic acids is 1. The molecule has 0 unspecified atom stereocenters. The van der Waals surface area contributed by atoms with Gasteiger partial charge in [-0.2, -0.15) is 0 Å². The van der Waals surface area contributed by atoms with Gasteiger partial charge in [0.05, 0.1) is 5.54 Å². The molecule has 0 fully saturated rings. The van der Waals surface area contributed by atoms with Crippen LogP contribution >= 0.6 is 0 Å². The molecule has 0 heterocycles. The maximum Gasteiger partial charge on any atom is 0.157 e. The van der Waals surface area contributed by atoms with Gasteiger partial charge in [0.2, 0.25) is 0 Å². The third kappa shape index (κ3) is 3.49. The van der Waals surface area contributed by atoms with Crippen molar-refractivity contribution in [2.24, 2.45) is 0 Å². The fraction of sp³-hybridized carbons (Fsp3) is 0.611. The molecule has 0 amide bonds. The summed E-state index contributed by atoms with van der Waals surface area (Å²) in [6.07, 6.45) is 2.25. The SMILES string of the molecule is CCC(CC)(C(=O)Cc1ccc(C(C)C)cc1)N(C)C. The molecule has 1 aromatic carbocycles. The molecule has 0 saturated heterocycles. The highest BCUT2D eigenvalue weighted by molar-refractivity contribution is 5.90. The highest BCUT2D eigenvalue weighted by atomic mass is 16.1. The van der Waals surface area contributed by atoms with Crippen LogP contribution in [0.2, 0.25) is 0 Å². The lowest BCUT2D eigenvalue weighted by molar-refractivity contribution is -0.129. The summed E-state index contributed by atoms with van der Waals surface area (Å²) in [5, 5.41) is 0. The van der Waals surface area contributed by atoms with Gasteiger partial charge in [0, 0.05) is 6.42 Å². The zero-order chi connectivity index (χ0) is 15.3. The molecule has 0 aromatic heterocycles. The largest absolute Gasteiger partial charge is 0.297 e. The zero-order valence-electron chi connectivity index (χ0n) is 13.9. The lowest BCUT2D eigenvalue weighted by Gasteiger charge is -2.37. The summed E-state index contributed by atoms with van der Waals surface area (Å²) in [6, 6.07) is 8.48.